The maximum atomic E-state index is 12.3. The molecule has 1 N–H and O–H groups in total. The van der Waals surface area contributed by atoms with E-state index in [1.165, 1.54) is 0 Å². The molecule has 8 heteroatoms. The molecular weight excluding hydrogens is 501 g/mol. The normalized spacial score (nSPS) is 11.5. The van der Waals surface area contributed by atoms with Gasteiger partial charge in [0.25, 0.3) is 0 Å². The Morgan fingerprint density at radius 3 is 2.34 bits per heavy atom. The molecular formula is C21H30IN3O3S. The van der Waals surface area contributed by atoms with E-state index in [1.54, 1.807) is 31.3 Å². The molecule has 0 heterocycles. The molecule has 2 rings (SSSR count). The summed E-state index contributed by atoms with van der Waals surface area (Å²) >= 11 is 0. The van der Waals surface area contributed by atoms with Crippen molar-refractivity contribution in [1.29, 1.82) is 0 Å². The summed E-state index contributed by atoms with van der Waals surface area (Å²) in [5.41, 5.74) is 1.14. The van der Waals surface area contributed by atoms with E-state index in [0.717, 1.165) is 17.3 Å². The van der Waals surface area contributed by atoms with E-state index >= 15 is 0 Å². The molecule has 160 valence electrons. The Morgan fingerprint density at radius 2 is 1.76 bits per heavy atom. The van der Waals surface area contributed by atoms with E-state index in [0.29, 0.717) is 31.0 Å². The van der Waals surface area contributed by atoms with Gasteiger partial charge >= 0.3 is 0 Å². The second-order valence-corrected chi connectivity index (χ2v) is 8.50. The summed E-state index contributed by atoms with van der Waals surface area (Å²) in [5.74, 6) is 1.69. The average molecular weight is 531 g/mol. The highest BCUT2D eigenvalue weighted by Gasteiger charge is 2.13. The van der Waals surface area contributed by atoms with Crippen molar-refractivity contribution in [2.24, 2.45) is 4.99 Å². The van der Waals surface area contributed by atoms with Crippen LogP contribution in [0.1, 0.15) is 18.9 Å². The van der Waals surface area contributed by atoms with Crippen molar-refractivity contribution >= 4 is 39.8 Å². The first-order valence-corrected chi connectivity index (χ1v) is 11.0. The number of guanidine groups is 1. The van der Waals surface area contributed by atoms with Crippen LogP contribution >= 0.6 is 24.0 Å². The fourth-order valence-electron chi connectivity index (χ4n) is 2.80. The molecule has 0 amide bonds. The van der Waals surface area contributed by atoms with Crippen molar-refractivity contribution in [3.63, 3.8) is 0 Å². The summed E-state index contributed by atoms with van der Waals surface area (Å²) in [7, 11) is 0.423. The molecule has 0 radical (unpaired) electrons. The molecule has 29 heavy (non-hydrogen) atoms. The lowest BCUT2D eigenvalue weighted by molar-refractivity contribution is 0.340. The highest BCUT2D eigenvalue weighted by Crippen LogP contribution is 2.13. The van der Waals surface area contributed by atoms with Gasteiger partial charge in [-0.1, -0.05) is 30.3 Å². The van der Waals surface area contributed by atoms with Crippen molar-refractivity contribution in [1.82, 2.24) is 10.2 Å². The van der Waals surface area contributed by atoms with Crippen molar-refractivity contribution in [2.75, 3.05) is 33.0 Å². The molecule has 0 bridgehead atoms. The standard InChI is InChI=1S/C21H29N3O3S.HI/c1-4-27-19-13-11-18(12-14-19)17-24(3)21(22-2)23-15-8-16-28(25,26)20-9-6-5-7-10-20;/h5-7,9-14H,4,8,15-17H2,1-3H3,(H,22,23);1H. The summed E-state index contributed by atoms with van der Waals surface area (Å²) in [5, 5.41) is 3.23. The third kappa shape index (κ3) is 8.22. The Bertz CT molecular complexity index is 856. The summed E-state index contributed by atoms with van der Waals surface area (Å²) < 4.78 is 30.1. The maximum absolute atomic E-state index is 12.3. The van der Waals surface area contributed by atoms with Crippen LogP contribution in [0.25, 0.3) is 0 Å². The van der Waals surface area contributed by atoms with Gasteiger partial charge in [-0.3, -0.25) is 4.99 Å². The van der Waals surface area contributed by atoms with Crippen molar-refractivity contribution in [3.8, 4) is 5.75 Å². The van der Waals surface area contributed by atoms with Crippen LogP contribution in [0.3, 0.4) is 0 Å². The van der Waals surface area contributed by atoms with E-state index < -0.39 is 9.84 Å². The van der Waals surface area contributed by atoms with Gasteiger partial charge in [0.1, 0.15) is 5.75 Å². The molecule has 0 unspecified atom stereocenters. The van der Waals surface area contributed by atoms with Crippen molar-refractivity contribution < 1.29 is 13.2 Å². The number of hydrogen-bond acceptors (Lipinski definition) is 4. The van der Waals surface area contributed by atoms with Gasteiger partial charge in [-0.2, -0.15) is 0 Å². The van der Waals surface area contributed by atoms with Crippen LogP contribution in [0.5, 0.6) is 5.75 Å². The molecule has 0 spiro atoms. The van der Waals surface area contributed by atoms with Crippen LogP contribution in [0.2, 0.25) is 0 Å². The minimum absolute atomic E-state index is 0. The van der Waals surface area contributed by atoms with E-state index in [2.05, 4.69) is 10.3 Å². The predicted octanol–water partition coefficient (Wildman–Crippen LogP) is 3.57. The molecule has 0 aromatic heterocycles. The Balaban J connectivity index is 0.00000420. The summed E-state index contributed by atoms with van der Waals surface area (Å²) in [4.78, 5) is 6.65. The minimum Gasteiger partial charge on any atom is -0.494 e. The summed E-state index contributed by atoms with van der Waals surface area (Å²) in [6.45, 7) is 3.83. The van der Waals surface area contributed by atoms with E-state index in [-0.39, 0.29) is 29.7 Å². The number of halogens is 1. The van der Waals surface area contributed by atoms with Crippen LogP contribution in [-0.4, -0.2) is 52.3 Å². The van der Waals surface area contributed by atoms with Gasteiger partial charge in [0.15, 0.2) is 15.8 Å². The fraction of sp³-hybridized carbons (Fsp3) is 0.381. The van der Waals surface area contributed by atoms with Crippen molar-refractivity contribution in [2.45, 2.75) is 24.8 Å². The van der Waals surface area contributed by atoms with Gasteiger partial charge in [-0.15, -0.1) is 24.0 Å². The zero-order chi connectivity index (χ0) is 20.4. The number of aliphatic imine (C=N–C) groups is 1. The lowest BCUT2D eigenvalue weighted by Crippen LogP contribution is -2.39. The van der Waals surface area contributed by atoms with Crippen LogP contribution in [0.15, 0.2) is 64.5 Å². The first-order chi connectivity index (χ1) is 13.5. The molecule has 0 aliphatic heterocycles. The Morgan fingerprint density at radius 1 is 1.10 bits per heavy atom. The quantitative estimate of drug-likeness (QED) is 0.232. The van der Waals surface area contributed by atoms with E-state index in [4.69, 9.17) is 4.74 Å². The van der Waals surface area contributed by atoms with E-state index in [1.807, 2.05) is 49.2 Å². The molecule has 0 aliphatic rings. The number of benzene rings is 2. The van der Waals surface area contributed by atoms with Crippen LogP contribution in [-0.2, 0) is 16.4 Å². The zero-order valence-electron chi connectivity index (χ0n) is 17.2. The Hall–Kier alpha value is -1.81. The number of hydrogen-bond donors (Lipinski definition) is 1. The monoisotopic (exact) mass is 531 g/mol. The highest BCUT2D eigenvalue weighted by atomic mass is 127. The number of ether oxygens (including phenoxy) is 1. The van der Waals surface area contributed by atoms with Gasteiger partial charge in [0, 0.05) is 27.2 Å². The topological polar surface area (TPSA) is 71.0 Å². The maximum Gasteiger partial charge on any atom is 0.193 e. The first kappa shape index (κ1) is 25.2. The van der Waals surface area contributed by atoms with Gasteiger partial charge in [0.05, 0.1) is 17.3 Å². The second-order valence-electron chi connectivity index (χ2n) is 6.39. The summed E-state index contributed by atoms with van der Waals surface area (Å²) in [6.07, 6.45) is 0.507. The van der Waals surface area contributed by atoms with Crippen LogP contribution in [0, 0.1) is 0 Å². The molecule has 6 nitrogen and oxygen atoms in total. The molecule has 2 aromatic rings. The molecule has 2 aromatic carbocycles. The number of nitrogens with zero attached hydrogens (tertiary/aromatic N) is 2. The third-order valence-electron chi connectivity index (χ3n) is 4.20. The van der Waals surface area contributed by atoms with Crippen LogP contribution < -0.4 is 10.1 Å². The van der Waals surface area contributed by atoms with Gasteiger partial charge in [-0.25, -0.2) is 8.42 Å². The minimum atomic E-state index is -3.25. The number of nitrogens with one attached hydrogen (secondary N) is 1. The number of rotatable bonds is 9. The smallest absolute Gasteiger partial charge is 0.193 e. The Kier molecular flexibility index (Phi) is 11.0. The molecule has 0 aliphatic carbocycles. The van der Waals surface area contributed by atoms with Gasteiger partial charge < -0.3 is 15.0 Å². The SMILES string of the molecule is CCOc1ccc(CN(C)C(=NC)NCCCS(=O)(=O)c2ccccc2)cc1.I. The molecule has 0 saturated carbocycles. The summed E-state index contributed by atoms with van der Waals surface area (Å²) in [6, 6.07) is 16.5. The van der Waals surface area contributed by atoms with Crippen molar-refractivity contribution in [3.05, 3.63) is 60.2 Å². The van der Waals surface area contributed by atoms with E-state index in [9.17, 15) is 8.42 Å². The lowest BCUT2D eigenvalue weighted by atomic mass is 10.2. The highest BCUT2D eigenvalue weighted by molar-refractivity contribution is 14.0. The second kappa shape index (κ2) is 12.7. The Labute approximate surface area is 191 Å². The lowest BCUT2D eigenvalue weighted by Gasteiger charge is -2.22. The zero-order valence-corrected chi connectivity index (χ0v) is 20.3. The van der Waals surface area contributed by atoms with Crippen LogP contribution in [0.4, 0.5) is 0 Å². The molecule has 0 atom stereocenters. The average Bonchev–Trinajstić information content (AvgIpc) is 2.70. The third-order valence-corrected chi connectivity index (χ3v) is 6.02. The first-order valence-electron chi connectivity index (χ1n) is 9.37. The van der Waals surface area contributed by atoms with Gasteiger partial charge in [0.2, 0.25) is 0 Å². The molecule has 0 saturated heterocycles. The number of sulfone groups is 1. The molecule has 0 fully saturated rings. The largest absolute Gasteiger partial charge is 0.494 e. The fourth-order valence-corrected chi connectivity index (χ4v) is 4.13. The predicted molar refractivity (Wildman–Crippen MR) is 129 cm³/mol. The van der Waals surface area contributed by atoms with Gasteiger partial charge in [-0.05, 0) is 43.2 Å².